The van der Waals surface area contributed by atoms with Gasteiger partial charge in [0.15, 0.2) is 11.6 Å². The normalized spacial score (nSPS) is 44.4. The molecule has 2 aromatic rings. The summed E-state index contributed by atoms with van der Waals surface area (Å²) in [6, 6.07) is 18.1. The maximum atomic E-state index is 14.6. The molecular formula is C75H109FN4O7. The number of hydrogen-bond donors (Lipinski definition) is 5. The first-order valence-electron chi connectivity index (χ1n) is 33.9. The highest BCUT2D eigenvalue weighted by molar-refractivity contribution is 5.97. The number of carbonyl (C=O) groups excluding carboxylic acids is 5. The van der Waals surface area contributed by atoms with Crippen molar-refractivity contribution in [3.8, 4) is 0 Å². The highest BCUT2D eigenvalue weighted by Gasteiger charge is 2.72. The molecule has 8 N–H and O–H groups in total. The first kappa shape index (κ1) is 65.0. The summed E-state index contributed by atoms with van der Waals surface area (Å²) in [6.45, 7) is 32.8. The Bertz CT molecular complexity index is 3130. The molecule has 11 nitrogen and oxygen atoms in total. The van der Waals surface area contributed by atoms with Gasteiger partial charge in [-0.2, -0.15) is 0 Å². The fourth-order valence-corrected chi connectivity index (χ4v) is 22.5. The number of halogens is 1. The van der Waals surface area contributed by atoms with Crippen LogP contribution in [0.25, 0.3) is 0 Å². The topological polar surface area (TPSA) is 213 Å². The Balaban J connectivity index is 0.000000179. The van der Waals surface area contributed by atoms with Gasteiger partial charge in [0.1, 0.15) is 0 Å². The van der Waals surface area contributed by atoms with Crippen LogP contribution in [0.3, 0.4) is 0 Å². The van der Waals surface area contributed by atoms with Gasteiger partial charge in [0, 0.05) is 40.3 Å². The summed E-state index contributed by atoms with van der Waals surface area (Å²) in [6.07, 6.45) is 22.1. The van der Waals surface area contributed by atoms with Crippen LogP contribution in [0.2, 0.25) is 0 Å². The van der Waals surface area contributed by atoms with Crippen molar-refractivity contribution in [3.63, 3.8) is 0 Å². The average molecular weight is 1200 g/mol. The van der Waals surface area contributed by atoms with Crippen molar-refractivity contribution >= 4 is 35.3 Å². The molecular weight excluding hydrogens is 1090 g/mol. The van der Waals surface area contributed by atoms with Gasteiger partial charge in [-0.15, -0.1) is 0 Å². The van der Waals surface area contributed by atoms with E-state index in [-0.39, 0.29) is 108 Å². The number of aromatic carboxylic acids is 1. The van der Waals surface area contributed by atoms with Crippen molar-refractivity contribution in [2.75, 3.05) is 7.15 Å². The molecule has 12 heteroatoms. The number of hydrogen-bond acceptors (Lipinski definition) is 7. The van der Waals surface area contributed by atoms with E-state index in [1.165, 1.54) is 17.6 Å². The predicted molar refractivity (Wildman–Crippen MR) is 343 cm³/mol. The number of nitrogens with one attached hydrogen (secondary N) is 1. The Morgan fingerprint density at radius 1 is 0.529 bits per heavy atom. The molecule has 0 radical (unpaired) electrons. The fraction of sp³-hybridized carbons (Fsp3) is 0.707. The van der Waals surface area contributed by atoms with E-state index in [2.05, 4.69) is 107 Å². The molecule has 12 rings (SSSR count). The minimum absolute atomic E-state index is 0.00699. The van der Waals surface area contributed by atoms with E-state index in [1.807, 2.05) is 37.3 Å². The van der Waals surface area contributed by atoms with Gasteiger partial charge in [-0.25, -0.2) is 4.79 Å². The number of carbonyl (C=O) groups is 6. The Hall–Kier alpha value is -4.97. The molecule has 0 bridgehead atoms. The van der Waals surface area contributed by atoms with E-state index in [4.69, 9.17) is 23.7 Å². The number of amides is 3. The minimum Gasteiger partial charge on any atom is -0.478 e. The molecule has 18 atom stereocenters. The second-order valence-corrected chi connectivity index (χ2v) is 33.6. The molecule has 478 valence electrons. The third-order valence-corrected chi connectivity index (χ3v) is 28.8. The van der Waals surface area contributed by atoms with E-state index in [0.29, 0.717) is 34.5 Å². The minimum atomic E-state index is -1.00. The van der Waals surface area contributed by atoms with Crippen LogP contribution in [0.5, 0.6) is 0 Å². The van der Waals surface area contributed by atoms with Crippen molar-refractivity contribution in [2.24, 2.45) is 118 Å². The Labute approximate surface area is 522 Å². The summed E-state index contributed by atoms with van der Waals surface area (Å²) in [7, 11) is -1.00. The monoisotopic (exact) mass is 1200 g/mol. The standard InChI is InChI=1S/C37H52N2O3.C30H48N2O2.C7H6O2.CH3F/c1-32(2)27-13-16-37(7)29(35(27,5)15-14-28(32)39-30(41)23-11-9-8-10-12-23)26(40)21-24-25-22-34(4,31(38)42)18-17-33(25,3)19-20-36(24,37)6;1-25(2)21-8-11-30(7)23(28(21,5)10-9-22(25)31)20(33)16-18-19-17-27(4,24(32)34)13-12-26(19,3)14-15-29(18,30)6;8-7(9)6-4-2-1-3-5-6;1-2/h8-12,21,25,27-29H,13-20,22H2,1-7H3,(H2,38,42)(H,39,41);16,19,21-23H,8-15,17,31H2,1-7H3,(H2,32,34);1-5H,(H,8,9);1H3/t25-,27-,28?,29+,33+,34-,35-,36+,37+;19-,21-,22?,23+,26+,27-,28-,29+,30+;;/m00../s1/i;;;1D. The van der Waals surface area contributed by atoms with Gasteiger partial charge in [-0.05, 0) is 230 Å². The van der Waals surface area contributed by atoms with Crippen LogP contribution in [-0.2, 0) is 19.2 Å². The number of carboxylic acid groups (broad SMARTS) is 1. The molecule has 2 unspecified atom stereocenters. The number of alkyl halides is 1. The molecule has 0 spiro atoms. The van der Waals surface area contributed by atoms with E-state index in [9.17, 15) is 33.2 Å². The maximum absolute atomic E-state index is 14.6. The second kappa shape index (κ2) is 22.5. The summed E-state index contributed by atoms with van der Waals surface area (Å²) in [4.78, 5) is 77.3. The van der Waals surface area contributed by atoms with Gasteiger partial charge in [0.25, 0.3) is 5.91 Å². The molecule has 0 heterocycles. The number of nitrogens with two attached hydrogens (primary N) is 3. The molecule has 0 aliphatic heterocycles. The van der Waals surface area contributed by atoms with Crippen LogP contribution < -0.4 is 22.5 Å². The lowest BCUT2D eigenvalue weighted by atomic mass is 9.33. The molecule has 0 saturated heterocycles. The first-order chi connectivity index (χ1) is 40.8. The Morgan fingerprint density at radius 2 is 0.908 bits per heavy atom. The number of rotatable bonds is 5. The van der Waals surface area contributed by atoms with Gasteiger partial charge in [0.2, 0.25) is 11.8 Å². The molecule has 3 amide bonds. The number of primary amides is 2. The van der Waals surface area contributed by atoms with E-state index in [1.54, 1.807) is 30.3 Å². The lowest BCUT2D eigenvalue weighted by Crippen LogP contribution is -2.67. The second-order valence-electron chi connectivity index (χ2n) is 33.6. The molecule has 2 aromatic carbocycles. The number of benzene rings is 2. The van der Waals surface area contributed by atoms with Crippen molar-refractivity contribution < 1.29 is 39.6 Å². The first-order valence-corrected chi connectivity index (χ1v) is 33.2. The van der Waals surface area contributed by atoms with Crippen molar-refractivity contribution in [3.05, 3.63) is 95.1 Å². The summed E-state index contributed by atoms with van der Waals surface area (Å²) in [5.74, 6) is 0.692. The van der Waals surface area contributed by atoms with Gasteiger partial charge in [-0.3, -0.25) is 28.4 Å². The van der Waals surface area contributed by atoms with Crippen molar-refractivity contribution in [1.82, 2.24) is 5.32 Å². The van der Waals surface area contributed by atoms with Gasteiger partial charge in [0.05, 0.1) is 14.1 Å². The zero-order valence-corrected chi connectivity index (χ0v) is 55.5. The van der Waals surface area contributed by atoms with E-state index in [0.717, 1.165) is 109 Å². The number of fused-ring (bicyclic) bond motifs is 14. The van der Waals surface area contributed by atoms with Crippen LogP contribution in [0.1, 0.15) is 235 Å². The Morgan fingerprint density at radius 3 is 1.30 bits per heavy atom. The predicted octanol–water partition coefficient (Wildman–Crippen LogP) is 15.0. The van der Waals surface area contributed by atoms with Crippen molar-refractivity contribution in [2.45, 2.75) is 225 Å². The molecule has 0 aromatic heterocycles. The smallest absolute Gasteiger partial charge is 0.335 e. The number of allylic oxidation sites excluding steroid dienone is 4. The number of ketones is 2. The van der Waals surface area contributed by atoms with Crippen LogP contribution in [0, 0.1) is 100 Å². The van der Waals surface area contributed by atoms with Gasteiger partial charge in [-0.1, -0.05) is 144 Å². The van der Waals surface area contributed by atoms with Crippen molar-refractivity contribution in [1.29, 1.82) is 0 Å². The molecule has 10 aliphatic carbocycles. The van der Waals surface area contributed by atoms with Crippen LogP contribution >= 0.6 is 0 Å². The van der Waals surface area contributed by atoms with Gasteiger partial charge < -0.3 is 27.6 Å². The lowest BCUT2D eigenvalue weighted by Gasteiger charge is -2.70. The van der Waals surface area contributed by atoms with Crippen LogP contribution in [0.4, 0.5) is 4.39 Å². The Kier molecular flexibility index (Phi) is 16.8. The fourth-order valence-electron chi connectivity index (χ4n) is 22.5. The molecule has 10 aliphatic rings. The SMILES string of the molecule is CC1(C)C(N)CC[C@]2(C)[C@H]3C(=O)C=C4[C@@H]5C[C@@](C)(C(N)=O)CC[C@]5(C)CC[C@@]4(C)[C@]3(C)CC[C@@H]12.CC1(C)C(NC(=O)c2ccccc2)CC[C@]2(C)[C@H]3C(=O)C=C4[C@@H]5C[C@@](C)(C(N)=O)CC[C@]5(C)CC[C@@]4(C)[C@]3(C)CC[C@@H]12.O=C(O)c1ccccc1.[2H]CF. The highest BCUT2D eigenvalue weighted by atomic mass is 19.1. The summed E-state index contributed by atoms with van der Waals surface area (Å²) >= 11 is 0. The summed E-state index contributed by atoms with van der Waals surface area (Å²) in [5.41, 5.74) is 21.0. The quantitative estimate of drug-likeness (QED) is 0.194. The molecule has 87 heavy (non-hydrogen) atoms. The lowest BCUT2D eigenvalue weighted by molar-refractivity contribution is -0.188. The molecule has 8 fully saturated rings. The zero-order chi connectivity index (χ0) is 65.0. The summed E-state index contributed by atoms with van der Waals surface area (Å²) < 4.78 is 15.5. The molecule has 8 saturated carbocycles. The third-order valence-electron chi connectivity index (χ3n) is 28.8. The zero-order valence-electron chi connectivity index (χ0n) is 56.5. The van der Waals surface area contributed by atoms with E-state index >= 15 is 0 Å². The largest absolute Gasteiger partial charge is 0.478 e. The van der Waals surface area contributed by atoms with Gasteiger partial charge >= 0.3 is 5.97 Å². The number of carboxylic acids is 1. The third kappa shape index (κ3) is 10.2. The summed E-state index contributed by atoms with van der Waals surface area (Å²) in [5, 5.41) is 11.8. The highest BCUT2D eigenvalue weighted by Crippen LogP contribution is 2.77. The van der Waals surface area contributed by atoms with E-state index < -0.39 is 24.0 Å². The van der Waals surface area contributed by atoms with Crippen LogP contribution in [-0.4, -0.2) is 59.6 Å². The van der Waals surface area contributed by atoms with Crippen LogP contribution in [0.15, 0.2) is 84.0 Å². The average Bonchev–Trinajstić information content (AvgIpc) is 0.684. The maximum Gasteiger partial charge on any atom is 0.335 e.